The lowest BCUT2D eigenvalue weighted by Gasteiger charge is -2.40. The third kappa shape index (κ3) is 7.12. The summed E-state index contributed by atoms with van der Waals surface area (Å²) in [6.07, 6.45) is 5.98. The summed E-state index contributed by atoms with van der Waals surface area (Å²) in [5.41, 5.74) is 0.789. The van der Waals surface area contributed by atoms with Crippen LogP contribution in [0.4, 0.5) is 11.4 Å². The van der Waals surface area contributed by atoms with Gasteiger partial charge in [-0.3, -0.25) is 19.2 Å². The van der Waals surface area contributed by atoms with E-state index in [1.165, 1.54) is 12.0 Å². The Morgan fingerprint density at radius 2 is 1.72 bits per heavy atom. The van der Waals surface area contributed by atoms with Crippen LogP contribution in [0.2, 0.25) is 0 Å². The van der Waals surface area contributed by atoms with Crippen molar-refractivity contribution in [3.8, 4) is 0 Å². The number of amides is 3. The molecule has 5 bridgehead atoms. The molecule has 4 aliphatic rings. The standard InChI is InChI=1S/C41H52N4O8/c1-6-43(7-2)28-17-19-29(20-18-28)44-23-13-9-12-16-33(47)42-30(25-51-5)36(27-14-10-8-11-15-27)52-40(50)34-32-21-22-41(53-32)35(34)38(48)45(37(41)39(44)49)31(24-46)26(3)4/h8-11,13-15,17-22,26,30-32,34-37,46H,6-7,12,16,23-25H2,1-5H3,(H,42,47)/b13-9-/t30-,31+,32+,34-,35-,36-,37+,41-/m1/s1. The number of nitrogens with one attached hydrogen (secondary N) is 1. The molecule has 0 aromatic heterocycles. The van der Waals surface area contributed by atoms with E-state index < -0.39 is 65.6 Å². The Labute approximate surface area is 311 Å². The number of hydrogen-bond acceptors (Lipinski definition) is 9. The van der Waals surface area contributed by atoms with Crippen LogP contribution in [-0.2, 0) is 33.4 Å². The molecule has 4 aliphatic heterocycles. The summed E-state index contributed by atoms with van der Waals surface area (Å²) in [5, 5.41) is 13.7. The van der Waals surface area contributed by atoms with Crippen LogP contribution in [0.15, 0.2) is 78.9 Å². The number of carbonyl (C=O) groups is 4. The average Bonchev–Trinajstić information content (AvgIpc) is 3.80. The summed E-state index contributed by atoms with van der Waals surface area (Å²) in [4.78, 5) is 63.2. The molecule has 0 radical (unpaired) electrons. The van der Waals surface area contributed by atoms with Gasteiger partial charge in [0, 0.05) is 44.5 Å². The number of benzene rings is 2. The number of methoxy groups -OCH3 is 1. The van der Waals surface area contributed by atoms with Crippen LogP contribution in [0, 0.1) is 17.8 Å². The second kappa shape index (κ2) is 16.2. The van der Waals surface area contributed by atoms with Crippen molar-refractivity contribution in [2.24, 2.45) is 17.8 Å². The van der Waals surface area contributed by atoms with E-state index in [0.29, 0.717) is 17.7 Å². The quantitative estimate of drug-likeness (QED) is 0.277. The minimum Gasteiger partial charge on any atom is -0.455 e. The number of fused-ring (bicyclic) bond motifs is 2. The Bertz CT molecular complexity index is 1690. The first-order valence-corrected chi connectivity index (χ1v) is 18.7. The van der Waals surface area contributed by atoms with Crippen molar-refractivity contribution < 1.29 is 38.5 Å². The van der Waals surface area contributed by atoms with Crippen molar-refractivity contribution in [2.75, 3.05) is 49.8 Å². The van der Waals surface area contributed by atoms with Gasteiger partial charge in [-0.2, -0.15) is 0 Å². The molecule has 0 aliphatic carbocycles. The largest absolute Gasteiger partial charge is 0.455 e. The smallest absolute Gasteiger partial charge is 0.313 e. The van der Waals surface area contributed by atoms with E-state index >= 15 is 4.79 Å². The fraction of sp³-hybridized carbons (Fsp3) is 0.512. The molecule has 12 nitrogen and oxygen atoms in total. The highest BCUT2D eigenvalue weighted by atomic mass is 16.6. The molecule has 0 unspecified atom stereocenters. The van der Waals surface area contributed by atoms with Gasteiger partial charge in [0.05, 0.1) is 37.3 Å². The number of esters is 1. The fourth-order valence-corrected chi connectivity index (χ4v) is 8.44. The van der Waals surface area contributed by atoms with E-state index in [1.54, 1.807) is 17.1 Å². The fourth-order valence-electron chi connectivity index (χ4n) is 8.44. The maximum absolute atomic E-state index is 15.2. The normalized spacial score (nSPS) is 30.0. The van der Waals surface area contributed by atoms with Crippen molar-refractivity contribution in [1.82, 2.24) is 10.2 Å². The maximum atomic E-state index is 15.2. The summed E-state index contributed by atoms with van der Waals surface area (Å²) in [6.45, 7) is 9.41. The molecule has 2 fully saturated rings. The van der Waals surface area contributed by atoms with Crippen molar-refractivity contribution in [1.29, 1.82) is 0 Å². The third-order valence-electron chi connectivity index (χ3n) is 11.1. The second-order valence-electron chi connectivity index (χ2n) is 14.5. The Morgan fingerprint density at radius 3 is 2.36 bits per heavy atom. The molecule has 6 rings (SSSR count). The summed E-state index contributed by atoms with van der Waals surface area (Å²) < 4.78 is 18.5. The summed E-state index contributed by atoms with van der Waals surface area (Å²) in [5.74, 6) is -4.17. The van der Waals surface area contributed by atoms with Crippen molar-refractivity contribution in [3.05, 3.63) is 84.5 Å². The zero-order valence-corrected chi connectivity index (χ0v) is 31.2. The molecule has 2 saturated heterocycles. The molecular weight excluding hydrogens is 676 g/mol. The molecule has 12 heteroatoms. The van der Waals surface area contributed by atoms with Crippen LogP contribution in [0.3, 0.4) is 0 Å². The molecule has 2 aromatic rings. The number of aliphatic hydroxyl groups excluding tert-OH is 1. The summed E-state index contributed by atoms with van der Waals surface area (Å²) in [7, 11) is 1.51. The lowest BCUT2D eigenvalue weighted by atomic mass is 9.74. The lowest BCUT2D eigenvalue weighted by Crippen LogP contribution is -2.59. The first-order valence-electron chi connectivity index (χ1n) is 18.7. The number of allylic oxidation sites excluding steroid dienone is 1. The van der Waals surface area contributed by atoms with Crippen LogP contribution in [-0.4, -0.2) is 103 Å². The molecule has 53 heavy (non-hydrogen) atoms. The summed E-state index contributed by atoms with van der Waals surface area (Å²) in [6, 6.07) is 14.2. The van der Waals surface area contributed by atoms with Crippen LogP contribution in [0.1, 0.15) is 52.2 Å². The average molecular weight is 729 g/mol. The minimum absolute atomic E-state index is 0.0597. The Kier molecular flexibility index (Phi) is 11.7. The first-order chi connectivity index (χ1) is 25.6. The van der Waals surface area contributed by atoms with Gasteiger partial charge in [-0.1, -0.05) is 68.5 Å². The number of ether oxygens (including phenoxy) is 3. The van der Waals surface area contributed by atoms with Gasteiger partial charge in [-0.15, -0.1) is 0 Å². The molecular formula is C41H52N4O8. The van der Waals surface area contributed by atoms with Crippen molar-refractivity contribution in [2.45, 2.75) is 76.5 Å². The molecule has 3 amide bonds. The summed E-state index contributed by atoms with van der Waals surface area (Å²) >= 11 is 0. The highest BCUT2D eigenvalue weighted by molar-refractivity contribution is 6.05. The zero-order valence-electron chi connectivity index (χ0n) is 31.2. The third-order valence-corrected chi connectivity index (χ3v) is 11.1. The van der Waals surface area contributed by atoms with E-state index in [4.69, 9.17) is 14.2 Å². The second-order valence-corrected chi connectivity index (χ2v) is 14.5. The number of aliphatic hydroxyl groups is 1. The van der Waals surface area contributed by atoms with E-state index in [9.17, 15) is 19.5 Å². The highest BCUT2D eigenvalue weighted by Gasteiger charge is 2.74. The molecule has 4 heterocycles. The van der Waals surface area contributed by atoms with Gasteiger partial charge in [0.2, 0.25) is 11.8 Å². The minimum atomic E-state index is -1.48. The van der Waals surface area contributed by atoms with Crippen molar-refractivity contribution in [3.63, 3.8) is 0 Å². The van der Waals surface area contributed by atoms with Crippen LogP contribution >= 0.6 is 0 Å². The number of hydrogen-bond donors (Lipinski definition) is 2. The lowest BCUT2D eigenvalue weighted by molar-refractivity contribution is -0.162. The topological polar surface area (TPSA) is 138 Å². The van der Waals surface area contributed by atoms with Crippen LogP contribution in [0.5, 0.6) is 0 Å². The van der Waals surface area contributed by atoms with Gasteiger partial charge in [-0.25, -0.2) is 0 Å². The van der Waals surface area contributed by atoms with Gasteiger partial charge >= 0.3 is 5.97 Å². The van der Waals surface area contributed by atoms with E-state index in [0.717, 1.165) is 18.8 Å². The first kappa shape index (κ1) is 38.2. The number of rotatable bonds is 10. The predicted molar refractivity (Wildman–Crippen MR) is 200 cm³/mol. The van der Waals surface area contributed by atoms with Crippen LogP contribution in [0.25, 0.3) is 0 Å². The van der Waals surface area contributed by atoms with Gasteiger partial charge in [-0.05, 0) is 56.0 Å². The molecule has 0 saturated carbocycles. The monoisotopic (exact) mass is 728 g/mol. The Hall–Kier alpha value is -4.52. The van der Waals surface area contributed by atoms with E-state index in [-0.39, 0.29) is 38.0 Å². The van der Waals surface area contributed by atoms with Crippen LogP contribution < -0.4 is 15.1 Å². The van der Waals surface area contributed by atoms with E-state index in [2.05, 4.69) is 24.1 Å². The predicted octanol–water partition coefficient (Wildman–Crippen LogP) is 3.80. The maximum Gasteiger partial charge on any atom is 0.313 e. The number of nitrogens with zero attached hydrogens (tertiary/aromatic N) is 3. The van der Waals surface area contributed by atoms with Gasteiger partial charge in [0.1, 0.15) is 23.7 Å². The number of carbonyl (C=O) groups excluding carboxylic acids is 4. The molecule has 2 N–H and O–H groups in total. The number of likely N-dealkylation sites (tertiary alicyclic amines) is 1. The van der Waals surface area contributed by atoms with Gasteiger partial charge in [0.15, 0.2) is 0 Å². The Morgan fingerprint density at radius 1 is 1.00 bits per heavy atom. The highest BCUT2D eigenvalue weighted by Crippen LogP contribution is 2.56. The molecule has 1 spiro atoms. The SMILES string of the molecule is CCN(CC)c1ccc(N2C/C=C\CCC(=O)N[C@H](COC)[C@@H](c3ccccc3)OC(=O)[C@@H]3[C@@H]4C=C[C@]5(O4)[C@H](C2=O)N([C@@H](CO)C(C)C)C(=O)[C@@H]35)cc1. The molecule has 8 atom stereocenters. The molecule has 2 aromatic carbocycles. The van der Waals surface area contributed by atoms with Gasteiger partial charge < -0.3 is 39.3 Å². The van der Waals surface area contributed by atoms with Gasteiger partial charge in [0.25, 0.3) is 5.91 Å². The molecule has 284 valence electrons. The van der Waals surface area contributed by atoms with Crippen molar-refractivity contribution >= 4 is 35.1 Å². The Balaban J connectivity index is 1.47. The number of cyclic esters (lactones) is 1. The van der Waals surface area contributed by atoms with E-state index in [1.807, 2.05) is 80.6 Å². The zero-order chi connectivity index (χ0) is 37.9. The number of anilines is 2.